The van der Waals surface area contributed by atoms with E-state index >= 15 is 0 Å². The fourth-order valence-corrected chi connectivity index (χ4v) is 3.83. The SMILES string of the molecule is CCCn1cc(CN2CCCC(N(C)Cc3ccccc3)C2)c(C)n1. The van der Waals surface area contributed by atoms with Gasteiger partial charge in [-0.2, -0.15) is 5.10 Å². The summed E-state index contributed by atoms with van der Waals surface area (Å²) in [5.74, 6) is 0. The lowest BCUT2D eigenvalue weighted by atomic mass is 10.0. The van der Waals surface area contributed by atoms with Gasteiger partial charge < -0.3 is 0 Å². The molecule has 136 valence electrons. The standard InChI is InChI=1S/C21H32N4/c1-4-12-25-16-20(18(2)22-25)15-24-13-8-11-21(17-24)23(3)14-19-9-6-5-7-10-19/h5-7,9-10,16,21H,4,8,11-15,17H2,1-3H3. The molecule has 1 aliphatic heterocycles. The summed E-state index contributed by atoms with van der Waals surface area (Å²) in [5, 5.41) is 4.66. The van der Waals surface area contributed by atoms with Crippen molar-refractivity contribution in [2.45, 2.75) is 58.8 Å². The fraction of sp³-hybridized carbons (Fsp3) is 0.571. The van der Waals surface area contributed by atoms with E-state index in [9.17, 15) is 0 Å². The van der Waals surface area contributed by atoms with Gasteiger partial charge in [-0.1, -0.05) is 37.3 Å². The summed E-state index contributed by atoms with van der Waals surface area (Å²) in [4.78, 5) is 5.13. The molecular formula is C21H32N4. The van der Waals surface area contributed by atoms with Crippen molar-refractivity contribution >= 4 is 0 Å². The van der Waals surface area contributed by atoms with E-state index in [2.05, 4.69) is 77.0 Å². The fourth-order valence-electron chi connectivity index (χ4n) is 3.83. The van der Waals surface area contributed by atoms with Crippen LogP contribution in [0.4, 0.5) is 0 Å². The number of hydrogen-bond acceptors (Lipinski definition) is 3. The van der Waals surface area contributed by atoms with Gasteiger partial charge in [0.15, 0.2) is 0 Å². The minimum absolute atomic E-state index is 0.639. The van der Waals surface area contributed by atoms with E-state index in [-0.39, 0.29) is 0 Å². The molecular weight excluding hydrogens is 308 g/mol. The number of piperidine rings is 1. The molecule has 4 nitrogen and oxygen atoms in total. The lowest BCUT2D eigenvalue weighted by Crippen LogP contribution is -2.45. The van der Waals surface area contributed by atoms with Gasteiger partial charge in [-0.25, -0.2) is 0 Å². The van der Waals surface area contributed by atoms with E-state index in [1.54, 1.807) is 0 Å². The van der Waals surface area contributed by atoms with Crippen molar-refractivity contribution in [3.63, 3.8) is 0 Å². The molecule has 1 saturated heterocycles. The normalized spacial score (nSPS) is 18.8. The molecule has 4 heteroatoms. The summed E-state index contributed by atoms with van der Waals surface area (Å²) in [7, 11) is 2.27. The van der Waals surface area contributed by atoms with Gasteiger partial charge in [0.1, 0.15) is 0 Å². The first-order chi connectivity index (χ1) is 12.2. The number of likely N-dealkylation sites (N-methyl/N-ethyl adjacent to an activating group) is 1. The Morgan fingerprint density at radius 3 is 2.80 bits per heavy atom. The van der Waals surface area contributed by atoms with Gasteiger partial charge in [0.2, 0.25) is 0 Å². The quantitative estimate of drug-likeness (QED) is 0.768. The Morgan fingerprint density at radius 1 is 1.24 bits per heavy atom. The lowest BCUT2D eigenvalue weighted by molar-refractivity contribution is 0.107. The topological polar surface area (TPSA) is 24.3 Å². The molecule has 1 aromatic carbocycles. The molecule has 1 aliphatic rings. The third-order valence-electron chi connectivity index (χ3n) is 5.27. The molecule has 0 saturated carbocycles. The average Bonchev–Trinajstić information content (AvgIpc) is 2.95. The highest BCUT2D eigenvalue weighted by molar-refractivity contribution is 5.16. The van der Waals surface area contributed by atoms with E-state index in [1.165, 1.54) is 36.2 Å². The molecule has 1 aromatic heterocycles. The van der Waals surface area contributed by atoms with Gasteiger partial charge in [0.05, 0.1) is 5.69 Å². The molecule has 0 radical (unpaired) electrons. The molecule has 2 aromatic rings. The van der Waals surface area contributed by atoms with Crippen LogP contribution in [-0.2, 0) is 19.6 Å². The zero-order valence-corrected chi connectivity index (χ0v) is 16.0. The van der Waals surface area contributed by atoms with Crippen LogP contribution < -0.4 is 0 Å². The maximum atomic E-state index is 4.66. The minimum Gasteiger partial charge on any atom is -0.298 e. The van der Waals surface area contributed by atoms with Crippen molar-refractivity contribution in [3.05, 3.63) is 53.3 Å². The largest absolute Gasteiger partial charge is 0.298 e. The highest BCUT2D eigenvalue weighted by atomic mass is 15.3. The zero-order chi connectivity index (χ0) is 17.6. The van der Waals surface area contributed by atoms with E-state index < -0.39 is 0 Å². The lowest BCUT2D eigenvalue weighted by Gasteiger charge is -2.37. The molecule has 0 spiro atoms. The highest BCUT2D eigenvalue weighted by Gasteiger charge is 2.24. The molecule has 1 atom stereocenters. The summed E-state index contributed by atoms with van der Waals surface area (Å²) in [5.41, 5.74) is 3.98. The van der Waals surface area contributed by atoms with E-state index in [4.69, 9.17) is 0 Å². The smallest absolute Gasteiger partial charge is 0.0638 e. The van der Waals surface area contributed by atoms with E-state index in [0.717, 1.165) is 32.6 Å². The number of aromatic nitrogens is 2. The van der Waals surface area contributed by atoms with Crippen molar-refractivity contribution in [1.82, 2.24) is 19.6 Å². The third kappa shape index (κ3) is 4.93. The first kappa shape index (κ1) is 18.2. The van der Waals surface area contributed by atoms with Crippen LogP contribution in [0.5, 0.6) is 0 Å². The van der Waals surface area contributed by atoms with Crippen molar-refractivity contribution in [1.29, 1.82) is 0 Å². The molecule has 0 aliphatic carbocycles. The number of hydrogen-bond donors (Lipinski definition) is 0. The van der Waals surface area contributed by atoms with Gasteiger partial charge in [-0.05, 0) is 45.3 Å². The summed E-state index contributed by atoms with van der Waals surface area (Å²) in [6, 6.07) is 11.4. The molecule has 3 rings (SSSR count). The van der Waals surface area contributed by atoms with Gasteiger partial charge in [-0.15, -0.1) is 0 Å². The molecule has 0 amide bonds. The van der Waals surface area contributed by atoms with Crippen LogP contribution >= 0.6 is 0 Å². The molecule has 0 N–H and O–H groups in total. The van der Waals surface area contributed by atoms with Crippen molar-refractivity contribution < 1.29 is 0 Å². The van der Waals surface area contributed by atoms with Crippen LogP contribution in [-0.4, -0.2) is 45.8 Å². The molecule has 0 bridgehead atoms. The van der Waals surface area contributed by atoms with Gasteiger partial charge in [0, 0.05) is 44.0 Å². The van der Waals surface area contributed by atoms with Crippen LogP contribution in [0.15, 0.2) is 36.5 Å². The predicted molar refractivity (Wildman–Crippen MR) is 103 cm³/mol. The van der Waals surface area contributed by atoms with Gasteiger partial charge in [-0.3, -0.25) is 14.5 Å². The molecule has 1 fully saturated rings. The Kier molecular flexibility index (Phi) is 6.27. The Bertz CT molecular complexity index is 649. The molecule has 1 unspecified atom stereocenters. The average molecular weight is 341 g/mol. The van der Waals surface area contributed by atoms with Crippen molar-refractivity contribution in [2.24, 2.45) is 0 Å². The maximum absolute atomic E-state index is 4.66. The first-order valence-corrected chi connectivity index (χ1v) is 9.65. The highest BCUT2D eigenvalue weighted by Crippen LogP contribution is 2.20. The summed E-state index contributed by atoms with van der Waals surface area (Å²) in [6.45, 7) is 9.79. The Labute approximate surface area is 152 Å². The van der Waals surface area contributed by atoms with Gasteiger partial charge >= 0.3 is 0 Å². The van der Waals surface area contributed by atoms with E-state index in [0.29, 0.717) is 6.04 Å². The van der Waals surface area contributed by atoms with Crippen LogP contribution in [0, 0.1) is 6.92 Å². The summed E-state index contributed by atoms with van der Waals surface area (Å²) < 4.78 is 2.10. The number of benzene rings is 1. The second-order valence-corrected chi connectivity index (χ2v) is 7.43. The molecule has 2 heterocycles. The monoisotopic (exact) mass is 340 g/mol. The van der Waals surface area contributed by atoms with Crippen LogP contribution in [0.2, 0.25) is 0 Å². The number of rotatable bonds is 7. The van der Waals surface area contributed by atoms with Crippen LogP contribution in [0.25, 0.3) is 0 Å². The van der Waals surface area contributed by atoms with Crippen LogP contribution in [0.3, 0.4) is 0 Å². The maximum Gasteiger partial charge on any atom is 0.0638 e. The first-order valence-electron chi connectivity index (χ1n) is 9.65. The molecule has 25 heavy (non-hydrogen) atoms. The predicted octanol–water partition coefficient (Wildman–Crippen LogP) is 3.70. The number of nitrogens with zero attached hydrogens (tertiary/aromatic N) is 4. The van der Waals surface area contributed by atoms with Crippen molar-refractivity contribution in [2.75, 3.05) is 20.1 Å². The minimum atomic E-state index is 0.639. The number of aryl methyl sites for hydroxylation is 2. The van der Waals surface area contributed by atoms with E-state index in [1.807, 2.05) is 0 Å². The summed E-state index contributed by atoms with van der Waals surface area (Å²) in [6.07, 6.45) is 5.96. The van der Waals surface area contributed by atoms with Crippen molar-refractivity contribution in [3.8, 4) is 0 Å². The Hall–Kier alpha value is -1.65. The Morgan fingerprint density at radius 2 is 2.04 bits per heavy atom. The zero-order valence-electron chi connectivity index (χ0n) is 16.0. The second-order valence-electron chi connectivity index (χ2n) is 7.43. The third-order valence-corrected chi connectivity index (χ3v) is 5.27. The summed E-state index contributed by atoms with van der Waals surface area (Å²) >= 11 is 0. The second kappa shape index (κ2) is 8.63. The van der Waals surface area contributed by atoms with Gasteiger partial charge in [0.25, 0.3) is 0 Å². The van der Waals surface area contributed by atoms with Crippen LogP contribution in [0.1, 0.15) is 43.0 Å². The Balaban J connectivity index is 1.57. The number of likely N-dealkylation sites (tertiary alicyclic amines) is 1.